The number of rotatable bonds is 6. The molecule has 1 aromatic carbocycles. The standard InChI is InChI=1S/C16H26N2O/c1-17-16(14-6-4-3-5-7-14)8-11-18(2)15-9-12-19-13-10-15/h3-7,15-17H,8-13H2,1-2H3. The Kier molecular flexibility index (Phi) is 5.83. The summed E-state index contributed by atoms with van der Waals surface area (Å²) in [6.45, 7) is 2.97. The Balaban J connectivity index is 1.82. The molecule has 0 spiro atoms. The molecular weight excluding hydrogens is 236 g/mol. The van der Waals surface area contributed by atoms with Crippen molar-refractivity contribution >= 4 is 0 Å². The molecule has 0 saturated carbocycles. The van der Waals surface area contributed by atoms with E-state index in [2.05, 4.69) is 47.6 Å². The first kappa shape index (κ1) is 14.5. The number of nitrogens with one attached hydrogen (secondary N) is 1. The van der Waals surface area contributed by atoms with Gasteiger partial charge in [-0.2, -0.15) is 0 Å². The average Bonchev–Trinajstić information content (AvgIpc) is 2.49. The molecular formula is C16H26N2O. The number of nitrogens with zero attached hydrogens (tertiary/aromatic N) is 1. The number of ether oxygens (including phenoxy) is 1. The van der Waals surface area contributed by atoms with Gasteiger partial charge in [-0.1, -0.05) is 30.3 Å². The third kappa shape index (κ3) is 4.30. The maximum absolute atomic E-state index is 5.43. The van der Waals surface area contributed by atoms with Crippen LogP contribution >= 0.6 is 0 Å². The Bertz CT molecular complexity index is 349. The van der Waals surface area contributed by atoms with Crippen molar-refractivity contribution in [2.24, 2.45) is 0 Å². The average molecular weight is 262 g/mol. The lowest BCUT2D eigenvalue weighted by Gasteiger charge is -2.32. The summed E-state index contributed by atoms with van der Waals surface area (Å²) in [7, 11) is 4.29. The lowest BCUT2D eigenvalue weighted by molar-refractivity contribution is 0.0420. The molecule has 1 fully saturated rings. The molecule has 0 amide bonds. The molecule has 1 aliphatic rings. The molecule has 19 heavy (non-hydrogen) atoms. The van der Waals surface area contributed by atoms with Crippen LogP contribution in [-0.2, 0) is 4.74 Å². The Hall–Kier alpha value is -0.900. The van der Waals surface area contributed by atoms with Crippen molar-refractivity contribution < 1.29 is 4.74 Å². The Morgan fingerprint density at radius 3 is 2.58 bits per heavy atom. The molecule has 1 N–H and O–H groups in total. The molecule has 0 aromatic heterocycles. The summed E-state index contributed by atoms with van der Waals surface area (Å²) < 4.78 is 5.43. The molecule has 3 heteroatoms. The van der Waals surface area contributed by atoms with Crippen LogP contribution in [0.25, 0.3) is 0 Å². The van der Waals surface area contributed by atoms with Crippen molar-refractivity contribution in [1.82, 2.24) is 10.2 Å². The molecule has 0 radical (unpaired) electrons. The van der Waals surface area contributed by atoms with E-state index in [-0.39, 0.29) is 0 Å². The fourth-order valence-electron chi connectivity index (χ4n) is 2.80. The molecule has 106 valence electrons. The Labute approximate surface area is 116 Å². The van der Waals surface area contributed by atoms with E-state index in [1.807, 2.05) is 7.05 Å². The summed E-state index contributed by atoms with van der Waals surface area (Å²) in [6.07, 6.45) is 3.49. The molecule has 0 aliphatic carbocycles. The van der Waals surface area contributed by atoms with Crippen LogP contribution in [0, 0.1) is 0 Å². The van der Waals surface area contributed by atoms with Crippen LogP contribution in [0.15, 0.2) is 30.3 Å². The topological polar surface area (TPSA) is 24.5 Å². The number of hydrogen-bond acceptors (Lipinski definition) is 3. The van der Waals surface area contributed by atoms with Crippen LogP contribution in [0.5, 0.6) is 0 Å². The van der Waals surface area contributed by atoms with E-state index in [9.17, 15) is 0 Å². The third-order valence-electron chi connectivity index (χ3n) is 4.14. The second kappa shape index (κ2) is 7.63. The zero-order valence-electron chi connectivity index (χ0n) is 12.1. The fraction of sp³-hybridized carbons (Fsp3) is 0.625. The van der Waals surface area contributed by atoms with Gasteiger partial charge in [-0.15, -0.1) is 0 Å². The van der Waals surface area contributed by atoms with Gasteiger partial charge in [0.2, 0.25) is 0 Å². The van der Waals surface area contributed by atoms with E-state index in [4.69, 9.17) is 4.74 Å². The Morgan fingerprint density at radius 1 is 1.26 bits per heavy atom. The molecule has 1 saturated heterocycles. The van der Waals surface area contributed by atoms with Gasteiger partial charge in [-0.05, 0) is 45.5 Å². The lowest BCUT2D eigenvalue weighted by Crippen LogP contribution is -2.38. The second-order valence-corrected chi connectivity index (χ2v) is 5.36. The van der Waals surface area contributed by atoms with Gasteiger partial charge in [-0.3, -0.25) is 0 Å². The van der Waals surface area contributed by atoms with Crippen LogP contribution < -0.4 is 5.32 Å². The molecule has 2 rings (SSSR count). The Morgan fingerprint density at radius 2 is 1.95 bits per heavy atom. The maximum Gasteiger partial charge on any atom is 0.0480 e. The van der Waals surface area contributed by atoms with Gasteiger partial charge in [-0.25, -0.2) is 0 Å². The van der Waals surface area contributed by atoms with Crippen LogP contribution in [0.4, 0.5) is 0 Å². The van der Waals surface area contributed by atoms with E-state index >= 15 is 0 Å². The second-order valence-electron chi connectivity index (χ2n) is 5.36. The molecule has 1 unspecified atom stereocenters. The highest BCUT2D eigenvalue weighted by molar-refractivity contribution is 5.18. The molecule has 0 bridgehead atoms. The zero-order chi connectivity index (χ0) is 13.5. The maximum atomic E-state index is 5.43. The van der Waals surface area contributed by atoms with Gasteiger partial charge >= 0.3 is 0 Å². The minimum Gasteiger partial charge on any atom is -0.381 e. The van der Waals surface area contributed by atoms with Gasteiger partial charge in [0.05, 0.1) is 0 Å². The minimum absolute atomic E-state index is 0.448. The largest absolute Gasteiger partial charge is 0.381 e. The smallest absolute Gasteiger partial charge is 0.0480 e. The van der Waals surface area contributed by atoms with Crippen molar-refractivity contribution in [1.29, 1.82) is 0 Å². The van der Waals surface area contributed by atoms with Crippen molar-refractivity contribution in [2.45, 2.75) is 31.3 Å². The summed E-state index contributed by atoms with van der Waals surface area (Å²) in [5.74, 6) is 0. The van der Waals surface area contributed by atoms with Crippen LogP contribution in [-0.4, -0.2) is 44.8 Å². The molecule has 3 nitrogen and oxygen atoms in total. The monoisotopic (exact) mass is 262 g/mol. The van der Waals surface area contributed by atoms with Crippen LogP contribution in [0.2, 0.25) is 0 Å². The molecule has 1 aromatic rings. The molecule has 1 aliphatic heterocycles. The van der Waals surface area contributed by atoms with Gasteiger partial charge in [0.15, 0.2) is 0 Å². The highest BCUT2D eigenvalue weighted by Gasteiger charge is 2.19. The van der Waals surface area contributed by atoms with Crippen molar-refractivity contribution in [3.63, 3.8) is 0 Å². The quantitative estimate of drug-likeness (QED) is 0.852. The third-order valence-corrected chi connectivity index (χ3v) is 4.14. The van der Waals surface area contributed by atoms with Crippen molar-refractivity contribution in [3.8, 4) is 0 Å². The van der Waals surface area contributed by atoms with Gasteiger partial charge in [0, 0.05) is 25.3 Å². The summed E-state index contributed by atoms with van der Waals surface area (Å²) in [5.41, 5.74) is 1.38. The van der Waals surface area contributed by atoms with E-state index in [1.165, 1.54) is 18.4 Å². The van der Waals surface area contributed by atoms with Crippen molar-refractivity contribution in [2.75, 3.05) is 33.9 Å². The summed E-state index contributed by atoms with van der Waals surface area (Å²) in [5, 5.41) is 3.43. The highest BCUT2D eigenvalue weighted by atomic mass is 16.5. The number of benzene rings is 1. The predicted molar refractivity (Wildman–Crippen MR) is 79.3 cm³/mol. The van der Waals surface area contributed by atoms with E-state index < -0.39 is 0 Å². The first-order valence-electron chi connectivity index (χ1n) is 7.31. The zero-order valence-corrected chi connectivity index (χ0v) is 12.1. The van der Waals surface area contributed by atoms with Crippen LogP contribution in [0.1, 0.15) is 30.9 Å². The van der Waals surface area contributed by atoms with E-state index in [0.717, 1.165) is 26.2 Å². The van der Waals surface area contributed by atoms with Gasteiger partial charge in [0.25, 0.3) is 0 Å². The normalized spacial score (nSPS) is 18.7. The van der Waals surface area contributed by atoms with Crippen molar-refractivity contribution in [3.05, 3.63) is 35.9 Å². The first-order valence-corrected chi connectivity index (χ1v) is 7.31. The predicted octanol–water partition coefficient (Wildman–Crippen LogP) is 2.45. The van der Waals surface area contributed by atoms with E-state index in [1.54, 1.807) is 0 Å². The van der Waals surface area contributed by atoms with Crippen LogP contribution in [0.3, 0.4) is 0 Å². The molecule has 1 heterocycles. The summed E-state index contributed by atoms with van der Waals surface area (Å²) in [6, 6.07) is 11.9. The summed E-state index contributed by atoms with van der Waals surface area (Å²) >= 11 is 0. The lowest BCUT2D eigenvalue weighted by atomic mass is 10.0. The molecule has 1 atom stereocenters. The first-order chi connectivity index (χ1) is 9.31. The minimum atomic E-state index is 0.448. The van der Waals surface area contributed by atoms with E-state index in [0.29, 0.717) is 12.1 Å². The van der Waals surface area contributed by atoms with Gasteiger partial charge in [0.1, 0.15) is 0 Å². The highest BCUT2D eigenvalue weighted by Crippen LogP contribution is 2.18. The van der Waals surface area contributed by atoms with Gasteiger partial charge < -0.3 is 15.0 Å². The summed E-state index contributed by atoms with van der Waals surface area (Å²) in [4.78, 5) is 2.50. The SMILES string of the molecule is CNC(CCN(C)C1CCOCC1)c1ccccc1. The number of hydrogen-bond donors (Lipinski definition) is 1. The fourth-order valence-corrected chi connectivity index (χ4v) is 2.80.